The fourth-order valence-electron chi connectivity index (χ4n) is 2.23. The van der Waals surface area contributed by atoms with Gasteiger partial charge in [0.15, 0.2) is 0 Å². The number of fused-ring (bicyclic) bond motifs is 2. The molecule has 0 aliphatic heterocycles. The normalized spacial score (nSPS) is 9.82. The molecule has 0 N–H and O–H groups in total. The van der Waals surface area contributed by atoms with Crippen molar-refractivity contribution in [3.8, 4) is 0 Å². The van der Waals surface area contributed by atoms with Crippen LogP contribution in [-0.4, -0.2) is 0 Å². The Hall–Kier alpha value is -2.48. The lowest BCUT2D eigenvalue weighted by Crippen LogP contribution is -1.57. The molecular weight excluding hydrogens is 272 g/mol. The first-order valence-electron chi connectivity index (χ1n) is 7.63. The lowest BCUT2D eigenvalue weighted by atomic mass is 10.2. The number of furan rings is 2. The van der Waals surface area contributed by atoms with Gasteiger partial charge in [-0.2, -0.15) is 0 Å². The van der Waals surface area contributed by atoms with Gasteiger partial charge < -0.3 is 8.83 Å². The SMILES string of the molecule is CC.Cc1cc2ccccc2o1.Cc1cc2ccccc2o1. The van der Waals surface area contributed by atoms with E-state index in [9.17, 15) is 0 Å². The van der Waals surface area contributed by atoms with Crippen molar-refractivity contribution >= 4 is 21.9 Å². The zero-order valence-electron chi connectivity index (χ0n) is 13.6. The molecule has 4 rings (SSSR count). The van der Waals surface area contributed by atoms with Crippen molar-refractivity contribution in [3.05, 3.63) is 72.2 Å². The molecule has 0 fully saturated rings. The Balaban J connectivity index is 0.000000144. The molecule has 0 aliphatic carbocycles. The topological polar surface area (TPSA) is 26.3 Å². The molecule has 2 heterocycles. The van der Waals surface area contributed by atoms with Gasteiger partial charge in [0.2, 0.25) is 0 Å². The number of hydrogen-bond acceptors (Lipinski definition) is 2. The molecule has 4 aromatic rings. The zero-order valence-corrected chi connectivity index (χ0v) is 13.6. The molecule has 0 saturated heterocycles. The molecule has 2 heteroatoms. The third-order valence-electron chi connectivity index (χ3n) is 3.10. The highest BCUT2D eigenvalue weighted by Gasteiger charge is 1.96. The van der Waals surface area contributed by atoms with Crippen LogP contribution in [0, 0.1) is 13.8 Å². The molecule has 0 bridgehead atoms. The lowest BCUT2D eigenvalue weighted by molar-refractivity contribution is 0.578. The fourth-order valence-corrected chi connectivity index (χ4v) is 2.23. The number of rotatable bonds is 0. The maximum absolute atomic E-state index is 5.37. The third-order valence-corrected chi connectivity index (χ3v) is 3.10. The minimum absolute atomic E-state index is 0.972. The maximum atomic E-state index is 5.37. The smallest absolute Gasteiger partial charge is 0.134 e. The summed E-state index contributed by atoms with van der Waals surface area (Å²) in [7, 11) is 0. The number of aryl methyl sites for hydroxylation is 2. The van der Waals surface area contributed by atoms with Crippen LogP contribution in [-0.2, 0) is 0 Å². The molecular formula is C20H22O2. The van der Waals surface area contributed by atoms with Crippen molar-refractivity contribution in [3.63, 3.8) is 0 Å². The van der Waals surface area contributed by atoms with Gasteiger partial charge in [-0.25, -0.2) is 0 Å². The van der Waals surface area contributed by atoms with Crippen LogP contribution in [0.2, 0.25) is 0 Å². The van der Waals surface area contributed by atoms with Gasteiger partial charge in [0.1, 0.15) is 22.7 Å². The summed E-state index contributed by atoms with van der Waals surface area (Å²) in [5, 5.41) is 2.36. The van der Waals surface area contributed by atoms with Crippen LogP contribution in [0.5, 0.6) is 0 Å². The second kappa shape index (κ2) is 7.51. The molecule has 0 saturated carbocycles. The van der Waals surface area contributed by atoms with E-state index in [2.05, 4.69) is 0 Å². The van der Waals surface area contributed by atoms with E-state index in [1.54, 1.807) is 0 Å². The van der Waals surface area contributed by atoms with Crippen molar-refractivity contribution in [1.82, 2.24) is 0 Å². The summed E-state index contributed by atoms with van der Waals surface area (Å²) in [5.41, 5.74) is 1.94. The fraction of sp³-hybridized carbons (Fsp3) is 0.200. The van der Waals surface area contributed by atoms with Crippen LogP contribution in [0.15, 0.2) is 69.5 Å². The van der Waals surface area contributed by atoms with Gasteiger partial charge in [-0.05, 0) is 38.1 Å². The first-order chi connectivity index (χ1) is 10.7. The van der Waals surface area contributed by atoms with Gasteiger partial charge in [-0.1, -0.05) is 50.2 Å². The molecule has 0 aliphatic rings. The average Bonchev–Trinajstić information content (AvgIpc) is 3.10. The molecule has 0 amide bonds. The van der Waals surface area contributed by atoms with E-state index in [0.717, 1.165) is 22.7 Å². The van der Waals surface area contributed by atoms with Crippen LogP contribution in [0.4, 0.5) is 0 Å². The summed E-state index contributed by atoms with van der Waals surface area (Å²) in [6, 6.07) is 20.1. The molecule has 0 unspecified atom stereocenters. The van der Waals surface area contributed by atoms with E-state index in [4.69, 9.17) is 8.83 Å². The standard InChI is InChI=1S/2C9H8O.C2H6/c2*1-7-6-8-4-2-3-5-9(8)10-7;1-2/h2*2-6H,1H3;1-2H3. The van der Waals surface area contributed by atoms with Gasteiger partial charge in [0.05, 0.1) is 0 Å². The summed E-state index contributed by atoms with van der Waals surface area (Å²) in [4.78, 5) is 0. The molecule has 22 heavy (non-hydrogen) atoms. The minimum atomic E-state index is 0.972. The summed E-state index contributed by atoms with van der Waals surface area (Å²) in [5.74, 6) is 1.95. The predicted octanol–water partition coefficient (Wildman–Crippen LogP) is 6.51. The van der Waals surface area contributed by atoms with E-state index in [-0.39, 0.29) is 0 Å². The molecule has 114 valence electrons. The highest BCUT2D eigenvalue weighted by Crippen LogP contribution is 2.17. The highest BCUT2D eigenvalue weighted by atomic mass is 16.3. The molecule has 0 radical (unpaired) electrons. The van der Waals surface area contributed by atoms with Gasteiger partial charge in [0.25, 0.3) is 0 Å². The van der Waals surface area contributed by atoms with E-state index in [1.165, 1.54) is 10.8 Å². The quantitative estimate of drug-likeness (QED) is 0.369. The Morgan fingerprint density at radius 3 is 1.32 bits per heavy atom. The van der Waals surface area contributed by atoms with Crippen LogP contribution in [0.25, 0.3) is 21.9 Å². The summed E-state index contributed by atoms with van der Waals surface area (Å²) in [6.07, 6.45) is 0. The molecule has 2 aromatic heterocycles. The monoisotopic (exact) mass is 294 g/mol. The number of benzene rings is 2. The van der Waals surface area contributed by atoms with Crippen molar-refractivity contribution in [1.29, 1.82) is 0 Å². The molecule has 2 aromatic carbocycles. The van der Waals surface area contributed by atoms with E-state index >= 15 is 0 Å². The Morgan fingerprint density at radius 1 is 0.591 bits per heavy atom. The largest absolute Gasteiger partial charge is 0.461 e. The third kappa shape index (κ3) is 3.79. The van der Waals surface area contributed by atoms with Gasteiger partial charge in [0, 0.05) is 10.8 Å². The second-order valence-electron chi connectivity index (χ2n) is 4.79. The molecule has 0 spiro atoms. The van der Waals surface area contributed by atoms with Crippen LogP contribution in [0.1, 0.15) is 25.4 Å². The van der Waals surface area contributed by atoms with Gasteiger partial charge in [-0.15, -0.1) is 0 Å². The highest BCUT2D eigenvalue weighted by molar-refractivity contribution is 5.78. The Bertz CT molecular complexity index is 699. The van der Waals surface area contributed by atoms with Crippen molar-refractivity contribution in [2.24, 2.45) is 0 Å². The van der Waals surface area contributed by atoms with Crippen LogP contribution < -0.4 is 0 Å². The van der Waals surface area contributed by atoms with E-state index < -0.39 is 0 Å². The zero-order chi connectivity index (χ0) is 15.9. The van der Waals surface area contributed by atoms with Crippen LogP contribution in [0.3, 0.4) is 0 Å². The van der Waals surface area contributed by atoms with Gasteiger partial charge in [-0.3, -0.25) is 0 Å². The van der Waals surface area contributed by atoms with Crippen molar-refractivity contribution in [2.45, 2.75) is 27.7 Å². The van der Waals surface area contributed by atoms with Crippen molar-refractivity contribution in [2.75, 3.05) is 0 Å². The first kappa shape index (κ1) is 15.9. The number of hydrogen-bond donors (Lipinski definition) is 0. The Kier molecular flexibility index (Phi) is 5.42. The van der Waals surface area contributed by atoms with Gasteiger partial charge >= 0.3 is 0 Å². The first-order valence-corrected chi connectivity index (χ1v) is 7.63. The molecule has 2 nitrogen and oxygen atoms in total. The van der Waals surface area contributed by atoms with E-state index in [1.807, 2.05) is 88.4 Å². The molecule has 0 atom stereocenters. The summed E-state index contributed by atoms with van der Waals surface area (Å²) >= 11 is 0. The predicted molar refractivity (Wildman–Crippen MR) is 93.3 cm³/mol. The Morgan fingerprint density at radius 2 is 0.955 bits per heavy atom. The van der Waals surface area contributed by atoms with E-state index in [0.29, 0.717) is 0 Å². The number of para-hydroxylation sites is 2. The second-order valence-corrected chi connectivity index (χ2v) is 4.79. The Labute approximate surface area is 131 Å². The maximum Gasteiger partial charge on any atom is 0.134 e. The van der Waals surface area contributed by atoms with Crippen LogP contribution >= 0.6 is 0 Å². The van der Waals surface area contributed by atoms with Crippen molar-refractivity contribution < 1.29 is 8.83 Å². The lowest BCUT2D eigenvalue weighted by Gasteiger charge is -1.82. The minimum Gasteiger partial charge on any atom is -0.461 e. The summed E-state index contributed by atoms with van der Waals surface area (Å²) in [6.45, 7) is 7.92. The average molecular weight is 294 g/mol. The summed E-state index contributed by atoms with van der Waals surface area (Å²) < 4.78 is 10.7.